The fourth-order valence-electron chi connectivity index (χ4n) is 2.30. The lowest BCUT2D eigenvalue weighted by Crippen LogP contribution is -2.31. The molecule has 0 saturated carbocycles. The molecule has 1 aromatic carbocycles. The number of thiophene rings is 1. The quantitative estimate of drug-likeness (QED) is 0.693. The van der Waals surface area contributed by atoms with Crippen molar-refractivity contribution in [3.8, 4) is 5.75 Å². The number of amides is 1. The molecule has 0 spiro atoms. The zero-order chi connectivity index (χ0) is 17.1. The number of aliphatic hydroxyl groups excluding tert-OH is 1. The maximum Gasteiger partial charge on any atom is 0.349 e. The Morgan fingerprint density at radius 1 is 1.38 bits per heavy atom. The molecule has 0 fully saturated rings. The molecule has 3 rings (SSSR count). The SMILES string of the molecule is COc1cccc2cc(C(=O)NC[C@@H](O)c3cccs3)c(=O)oc12. The lowest BCUT2D eigenvalue weighted by molar-refractivity contribution is 0.0914. The van der Waals surface area contributed by atoms with E-state index in [1.165, 1.54) is 24.5 Å². The van der Waals surface area contributed by atoms with Crippen LogP contribution in [0.15, 0.2) is 51.0 Å². The van der Waals surface area contributed by atoms with E-state index in [0.717, 1.165) is 4.88 Å². The summed E-state index contributed by atoms with van der Waals surface area (Å²) in [4.78, 5) is 25.0. The molecule has 6 nitrogen and oxygen atoms in total. The van der Waals surface area contributed by atoms with Crippen molar-refractivity contribution in [1.29, 1.82) is 0 Å². The number of nitrogens with one attached hydrogen (secondary N) is 1. The van der Waals surface area contributed by atoms with E-state index in [1.807, 2.05) is 11.4 Å². The Hall–Kier alpha value is -2.64. The second-order valence-electron chi connectivity index (χ2n) is 5.07. The molecular weight excluding hydrogens is 330 g/mol. The minimum absolute atomic E-state index is 0.00886. The summed E-state index contributed by atoms with van der Waals surface area (Å²) in [5, 5.41) is 15.0. The molecule has 0 saturated heterocycles. The standard InChI is InChI=1S/C17H15NO5S/c1-22-13-5-2-4-10-8-11(17(21)23-15(10)13)16(20)18-9-12(19)14-6-3-7-24-14/h2-8,12,19H,9H2,1H3,(H,18,20)/t12-/m1/s1. The zero-order valence-electron chi connectivity index (χ0n) is 12.8. The van der Waals surface area contributed by atoms with Crippen molar-refractivity contribution in [3.05, 3.63) is 62.6 Å². The highest BCUT2D eigenvalue weighted by Crippen LogP contribution is 2.24. The Balaban J connectivity index is 1.82. The number of ether oxygens (including phenoxy) is 1. The van der Waals surface area contributed by atoms with Gasteiger partial charge in [-0.2, -0.15) is 0 Å². The fraction of sp³-hybridized carbons (Fsp3) is 0.176. The summed E-state index contributed by atoms with van der Waals surface area (Å²) in [6, 6.07) is 10.2. The summed E-state index contributed by atoms with van der Waals surface area (Å²) in [6.07, 6.45) is -0.818. The highest BCUT2D eigenvalue weighted by atomic mass is 32.1. The van der Waals surface area contributed by atoms with Crippen LogP contribution in [0, 0.1) is 0 Å². The average Bonchev–Trinajstić information content (AvgIpc) is 3.13. The van der Waals surface area contributed by atoms with Gasteiger partial charge in [0.15, 0.2) is 11.3 Å². The van der Waals surface area contributed by atoms with Crippen molar-refractivity contribution >= 4 is 28.2 Å². The Bertz CT molecular complexity index is 916. The van der Waals surface area contributed by atoms with E-state index < -0.39 is 17.6 Å². The molecular formula is C17H15NO5S. The molecule has 0 unspecified atom stereocenters. The molecule has 7 heteroatoms. The minimum atomic E-state index is -0.818. The van der Waals surface area contributed by atoms with Gasteiger partial charge < -0.3 is 19.6 Å². The van der Waals surface area contributed by atoms with Crippen LogP contribution in [0.1, 0.15) is 21.3 Å². The van der Waals surface area contributed by atoms with E-state index in [4.69, 9.17) is 9.15 Å². The molecule has 1 amide bonds. The van der Waals surface area contributed by atoms with Crippen LogP contribution in [-0.4, -0.2) is 24.7 Å². The minimum Gasteiger partial charge on any atom is -0.493 e. The van der Waals surface area contributed by atoms with Crippen LogP contribution in [0.2, 0.25) is 0 Å². The number of carbonyl (C=O) groups excluding carboxylic acids is 1. The predicted molar refractivity (Wildman–Crippen MR) is 90.6 cm³/mol. The number of para-hydroxylation sites is 1. The highest BCUT2D eigenvalue weighted by molar-refractivity contribution is 7.10. The molecule has 0 radical (unpaired) electrons. The number of hydrogen-bond donors (Lipinski definition) is 2. The van der Waals surface area contributed by atoms with E-state index >= 15 is 0 Å². The first-order chi connectivity index (χ1) is 11.6. The maximum atomic E-state index is 12.2. The van der Waals surface area contributed by atoms with Crippen molar-refractivity contribution < 1.29 is 19.1 Å². The van der Waals surface area contributed by atoms with Gasteiger partial charge in [0.25, 0.3) is 5.91 Å². The van der Waals surface area contributed by atoms with Gasteiger partial charge in [-0.3, -0.25) is 4.79 Å². The number of aliphatic hydroxyl groups is 1. The average molecular weight is 345 g/mol. The normalized spacial score (nSPS) is 12.1. The molecule has 0 bridgehead atoms. The van der Waals surface area contributed by atoms with Crippen molar-refractivity contribution in [2.45, 2.75) is 6.10 Å². The molecule has 2 heterocycles. The summed E-state index contributed by atoms with van der Waals surface area (Å²) in [7, 11) is 1.47. The Labute approximate surface area is 141 Å². The highest BCUT2D eigenvalue weighted by Gasteiger charge is 2.17. The molecule has 2 N–H and O–H groups in total. The zero-order valence-corrected chi connectivity index (χ0v) is 13.6. The first kappa shape index (κ1) is 16.2. The van der Waals surface area contributed by atoms with E-state index in [9.17, 15) is 14.7 Å². The lowest BCUT2D eigenvalue weighted by atomic mass is 10.1. The van der Waals surface area contributed by atoms with Crippen LogP contribution in [-0.2, 0) is 0 Å². The third kappa shape index (κ3) is 3.17. The number of fused-ring (bicyclic) bond motifs is 1. The molecule has 124 valence electrons. The van der Waals surface area contributed by atoms with E-state index in [0.29, 0.717) is 16.7 Å². The summed E-state index contributed by atoms with van der Waals surface area (Å²) >= 11 is 1.39. The molecule has 0 aliphatic heterocycles. The van der Waals surface area contributed by atoms with Crippen LogP contribution in [0.5, 0.6) is 5.75 Å². The fourth-order valence-corrected chi connectivity index (χ4v) is 3.01. The van der Waals surface area contributed by atoms with Gasteiger partial charge in [0.05, 0.1) is 7.11 Å². The van der Waals surface area contributed by atoms with Gasteiger partial charge in [0, 0.05) is 16.8 Å². The van der Waals surface area contributed by atoms with Crippen LogP contribution >= 0.6 is 11.3 Å². The summed E-state index contributed by atoms with van der Waals surface area (Å²) in [5.74, 6) is -0.172. The first-order valence-corrected chi connectivity index (χ1v) is 8.08. The number of carbonyl (C=O) groups is 1. The predicted octanol–water partition coefficient (Wildman–Crippen LogP) is 2.33. The topological polar surface area (TPSA) is 88.8 Å². The molecule has 2 aromatic heterocycles. The van der Waals surface area contributed by atoms with Gasteiger partial charge in [-0.1, -0.05) is 18.2 Å². The molecule has 0 aliphatic rings. The molecule has 3 aromatic rings. The first-order valence-electron chi connectivity index (χ1n) is 7.20. The number of rotatable bonds is 5. The number of hydrogen-bond acceptors (Lipinski definition) is 6. The third-order valence-electron chi connectivity index (χ3n) is 3.52. The monoisotopic (exact) mass is 345 g/mol. The summed E-state index contributed by atoms with van der Waals surface area (Å²) < 4.78 is 10.4. The van der Waals surface area contributed by atoms with Gasteiger partial charge in [-0.05, 0) is 23.6 Å². The summed E-state index contributed by atoms with van der Waals surface area (Å²) in [5.41, 5.74) is -0.579. The van der Waals surface area contributed by atoms with Crippen molar-refractivity contribution in [2.24, 2.45) is 0 Å². The third-order valence-corrected chi connectivity index (χ3v) is 4.49. The van der Waals surface area contributed by atoms with E-state index in [1.54, 1.807) is 24.3 Å². The summed E-state index contributed by atoms with van der Waals surface area (Å²) in [6.45, 7) is 0.00886. The van der Waals surface area contributed by atoms with Crippen molar-refractivity contribution in [2.75, 3.05) is 13.7 Å². The Morgan fingerprint density at radius 2 is 2.21 bits per heavy atom. The second-order valence-corrected chi connectivity index (χ2v) is 6.05. The van der Waals surface area contributed by atoms with Crippen LogP contribution in [0.25, 0.3) is 11.0 Å². The molecule has 0 aliphatic carbocycles. The van der Waals surface area contributed by atoms with Crippen LogP contribution in [0.4, 0.5) is 0 Å². The van der Waals surface area contributed by atoms with Gasteiger partial charge in [-0.25, -0.2) is 4.79 Å². The Kier molecular flexibility index (Phi) is 4.64. The van der Waals surface area contributed by atoms with Crippen LogP contribution in [0.3, 0.4) is 0 Å². The van der Waals surface area contributed by atoms with Gasteiger partial charge >= 0.3 is 5.63 Å². The van der Waals surface area contributed by atoms with Crippen molar-refractivity contribution in [3.63, 3.8) is 0 Å². The van der Waals surface area contributed by atoms with E-state index in [2.05, 4.69) is 5.32 Å². The number of benzene rings is 1. The van der Waals surface area contributed by atoms with Gasteiger partial charge in [-0.15, -0.1) is 11.3 Å². The van der Waals surface area contributed by atoms with Gasteiger partial charge in [0.1, 0.15) is 11.7 Å². The van der Waals surface area contributed by atoms with Crippen molar-refractivity contribution in [1.82, 2.24) is 5.32 Å². The second kappa shape index (κ2) is 6.86. The largest absolute Gasteiger partial charge is 0.493 e. The smallest absolute Gasteiger partial charge is 0.349 e. The molecule has 1 atom stereocenters. The van der Waals surface area contributed by atoms with E-state index in [-0.39, 0.29) is 12.1 Å². The number of methoxy groups -OCH3 is 1. The Morgan fingerprint density at radius 3 is 2.92 bits per heavy atom. The van der Waals surface area contributed by atoms with Crippen LogP contribution < -0.4 is 15.7 Å². The van der Waals surface area contributed by atoms with Gasteiger partial charge in [0.2, 0.25) is 0 Å². The lowest BCUT2D eigenvalue weighted by Gasteiger charge is -2.10. The maximum absolute atomic E-state index is 12.2. The molecule has 24 heavy (non-hydrogen) atoms.